The van der Waals surface area contributed by atoms with Crippen LogP contribution in [0.15, 0.2) is 0 Å². The van der Waals surface area contributed by atoms with Crippen molar-refractivity contribution < 1.29 is 14.3 Å². The molecule has 1 saturated carbocycles. The minimum atomic E-state index is -0.390. The van der Waals surface area contributed by atoms with Crippen LogP contribution in [0.25, 0.3) is 0 Å². The molecule has 0 aromatic carbocycles. The average Bonchev–Trinajstić information content (AvgIpc) is 2.45. The van der Waals surface area contributed by atoms with Gasteiger partial charge in [0, 0.05) is 33.5 Å². The number of hydrogen-bond acceptors (Lipinski definition) is 4. The Morgan fingerprint density at radius 2 is 2.15 bits per heavy atom. The van der Waals surface area contributed by atoms with Gasteiger partial charge in [-0.05, 0) is 43.4 Å². The van der Waals surface area contributed by atoms with Crippen molar-refractivity contribution in [1.29, 1.82) is 0 Å². The lowest BCUT2D eigenvalue weighted by Crippen LogP contribution is -2.51. The van der Waals surface area contributed by atoms with Gasteiger partial charge in [-0.25, -0.2) is 0 Å². The monoisotopic (exact) mass is 284 g/mol. The Balaban J connectivity index is 1.75. The lowest BCUT2D eigenvalue weighted by molar-refractivity contribution is -0.125. The number of nitrogens with two attached hydrogens (primary N) is 1. The van der Waals surface area contributed by atoms with Gasteiger partial charge in [-0.2, -0.15) is 0 Å². The van der Waals surface area contributed by atoms with Gasteiger partial charge in [0.15, 0.2) is 0 Å². The van der Waals surface area contributed by atoms with Crippen LogP contribution in [0.2, 0.25) is 0 Å². The number of rotatable bonds is 7. The first kappa shape index (κ1) is 15.7. The Bertz CT molecular complexity index is 312. The first-order valence-corrected chi connectivity index (χ1v) is 7.77. The summed E-state index contributed by atoms with van der Waals surface area (Å²) in [6.07, 6.45) is 6.43. The Morgan fingerprint density at radius 3 is 2.70 bits per heavy atom. The van der Waals surface area contributed by atoms with E-state index in [2.05, 4.69) is 5.32 Å². The van der Waals surface area contributed by atoms with E-state index in [1.54, 1.807) is 7.11 Å². The summed E-state index contributed by atoms with van der Waals surface area (Å²) in [5.41, 5.74) is 6.34. The second kappa shape index (κ2) is 7.38. The molecule has 5 heteroatoms. The Labute approximate surface area is 121 Å². The van der Waals surface area contributed by atoms with Crippen LogP contribution in [-0.2, 0) is 14.3 Å². The first-order chi connectivity index (χ1) is 9.67. The number of amides is 1. The summed E-state index contributed by atoms with van der Waals surface area (Å²) in [5.74, 6) is 0.264. The van der Waals surface area contributed by atoms with Crippen LogP contribution in [0.4, 0.5) is 0 Å². The summed E-state index contributed by atoms with van der Waals surface area (Å²) in [6.45, 7) is 2.96. The maximum Gasteiger partial charge on any atom is 0.237 e. The Hall–Kier alpha value is -0.650. The predicted octanol–water partition coefficient (Wildman–Crippen LogP) is 1.06. The van der Waals surface area contributed by atoms with Crippen LogP contribution in [0, 0.1) is 11.3 Å². The van der Waals surface area contributed by atoms with Crippen LogP contribution in [-0.4, -0.2) is 45.4 Å². The van der Waals surface area contributed by atoms with Crippen LogP contribution in [0.3, 0.4) is 0 Å². The second-order valence-electron chi connectivity index (χ2n) is 6.29. The molecule has 0 radical (unpaired) electrons. The molecule has 1 amide bonds. The van der Waals surface area contributed by atoms with E-state index >= 15 is 0 Å². The topological polar surface area (TPSA) is 73.6 Å². The molecule has 20 heavy (non-hydrogen) atoms. The molecule has 5 nitrogen and oxygen atoms in total. The fraction of sp³-hybridized carbons (Fsp3) is 0.933. The van der Waals surface area contributed by atoms with Gasteiger partial charge >= 0.3 is 0 Å². The molecule has 1 atom stereocenters. The van der Waals surface area contributed by atoms with Gasteiger partial charge in [-0.1, -0.05) is 6.42 Å². The summed E-state index contributed by atoms with van der Waals surface area (Å²) in [7, 11) is 1.73. The van der Waals surface area contributed by atoms with Crippen molar-refractivity contribution in [3.8, 4) is 0 Å². The van der Waals surface area contributed by atoms with Crippen molar-refractivity contribution in [1.82, 2.24) is 5.32 Å². The highest BCUT2D eigenvalue weighted by molar-refractivity contribution is 5.81. The smallest absolute Gasteiger partial charge is 0.237 e. The third-order valence-corrected chi connectivity index (χ3v) is 4.96. The second-order valence-corrected chi connectivity index (χ2v) is 6.29. The molecule has 116 valence electrons. The van der Waals surface area contributed by atoms with Crippen molar-refractivity contribution in [3.63, 3.8) is 0 Å². The van der Waals surface area contributed by atoms with E-state index in [9.17, 15) is 4.79 Å². The highest BCUT2D eigenvalue weighted by atomic mass is 16.5. The van der Waals surface area contributed by atoms with Crippen molar-refractivity contribution in [2.75, 3.05) is 33.5 Å². The Morgan fingerprint density at radius 1 is 1.45 bits per heavy atom. The van der Waals surface area contributed by atoms with Gasteiger partial charge in [-0.15, -0.1) is 0 Å². The summed E-state index contributed by atoms with van der Waals surface area (Å²) >= 11 is 0. The Kier molecular flexibility index (Phi) is 5.81. The molecule has 1 unspecified atom stereocenters. The van der Waals surface area contributed by atoms with Gasteiger partial charge in [0.1, 0.15) is 0 Å². The van der Waals surface area contributed by atoms with E-state index in [0.29, 0.717) is 0 Å². The van der Waals surface area contributed by atoms with E-state index in [4.69, 9.17) is 15.2 Å². The summed E-state index contributed by atoms with van der Waals surface area (Å²) in [5, 5.41) is 3.07. The molecule has 1 heterocycles. The van der Waals surface area contributed by atoms with Gasteiger partial charge < -0.3 is 20.5 Å². The number of methoxy groups -OCH3 is 1. The van der Waals surface area contributed by atoms with Gasteiger partial charge in [0.25, 0.3) is 0 Å². The van der Waals surface area contributed by atoms with Crippen LogP contribution in [0.5, 0.6) is 0 Å². The highest BCUT2D eigenvalue weighted by Crippen LogP contribution is 2.43. The largest absolute Gasteiger partial charge is 0.385 e. The van der Waals surface area contributed by atoms with E-state index in [0.717, 1.165) is 45.6 Å². The van der Waals surface area contributed by atoms with Gasteiger partial charge in [-0.3, -0.25) is 4.79 Å². The zero-order valence-electron chi connectivity index (χ0n) is 12.5. The molecule has 0 bridgehead atoms. The number of hydrogen-bond donors (Lipinski definition) is 2. The molecular formula is C15H28N2O3. The maximum atomic E-state index is 12.2. The number of ether oxygens (including phenoxy) is 2. The van der Waals surface area contributed by atoms with Crippen molar-refractivity contribution in [3.05, 3.63) is 0 Å². The van der Waals surface area contributed by atoms with E-state index in [1.165, 1.54) is 19.3 Å². The number of carbonyl (C=O) groups excluding carboxylic acids is 1. The quantitative estimate of drug-likeness (QED) is 0.733. The third-order valence-electron chi connectivity index (χ3n) is 4.96. The summed E-state index contributed by atoms with van der Waals surface area (Å²) in [6, 6.07) is -0.390. The van der Waals surface area contributed by atoms with Crippen molar-refractivity contribution in [2.45, 2.75) is 44.6 Å². The van der Waals surface area contributed by atoms with Crippen LogP contribution in [0.1, 0.15) is 38.5 Å². The molecule has 1 aliphatic heterocycles. The van der Waals surface area contributed by atoms with Gasteiger partial charge in [0.05, 0.1) is 6.04 Å². The van der Waals surface area contributed by atoms with E-state index < -0.39 is 6.04 Å². The minimum Gasteiger partial charge on any atom is -0.385 e. The van der Waals surface area contributed by atoms with Gasteiger partial charge in [0.2, 0.25) is 5.91 Å². The van der Waals surface area contributed by atoms with Crippen molar-refractivity contribution in [2.24, 2.45) is 17.1 Å². The minimum absolute atomic E-state index is 0.000548. The first-order valence-electron chi connectivity index (χ1n) is 7.77. The van der Waals surface area contributed by atoms with Crippen LogP contribution < -0.4 is 11.1 Å². The third kappa shape index (κ3) is 3.93. The molecule has 1 aliphatic carbocycles. The molecular weight excluding hydrogens is 256 g/mol. The number of carbonyl (C=O) groups is 1. The SMILES string of the molecule is COCCC1(CNC(=O)C(N)C2CCOCC2)CCC1. The zero-order valence-corrected chi connectivity index (χ0v) is 12.5. The molecule has 2 rings (SSSR count). The maximum absolute atomic E-state index is 12.2. The molecule has 1 saturated heterocycles. The van der Waals surface area contributed by atoms with E-state index in [-0.39, 0.29) is 17.2 Å². The van der Waals surface area contributed by atoms with E-state index in [1.807, 2.05) is 0 Å². The fourth-order valence-corrected chi connectivity index (χ4v) is 3.19. The summed E-state index contributed by atoms with van der Waals surface area (Å²) in [4.78, 5) is 12.2. The standard InChI is InChI=1S/C15H28N2O3/c1-19-10-7-15(5-2-6-15)11-17-14(18)13(16)12-3-8-20-9-4-12/h12-13H,2-11,16H2,1H3,(H,17,18). The molecule has 0 aromatic heterocycles. The summed E-state index contributed by atoms with van der Waals surface area (Å²) < 4.78 is 10.5. The molecule has 2 fully saturated rings. The lowest BCUT2D eigenvalue weighted by atomic mass is 9.66. The molecule has 2 aliphatic rings. The van der Waals surface area contributed by atoms with Crippen LogP contribution >= 0.6 is 0 Å². The zero-order chi connectivity index (χ0) is 14.4. The molecule has 0 spiro atoms. The number of nitrogens with one attached hydrogen (secondary N) is 1. The average molecular weight is 284 g/mol. The predicted molar refractivity (Wildman–Crippen MR) is 77.3 cm³/mol. The normalized spacial score (nSPS) is 23.9. The molecule has 0 aromatic rings. The molecule has 3 N–H and O–H groups in total. The van der Waals surface area contributed by atoms with Crippen molar-refractivity contribution >= 4 is 5.91 Å². The fourth-order valence-electron chi connectivity index (χ4n) is 3.19. The lowest BCUT2D eigenvalue weighted by Gasteiger charge is -2.42. The highest BCUT2D eigenvalue weighted by Gasteiger charge is 2.37.